The summed E-state index contributed by atoms with van der Waals surface area (Å²) in [5, 5.41) is 6.39. The van der Waals surface area contributed by atoms with Gasteiger partial charge in [0.25, 0.3) is 0 Å². The molecule has 2 heteroatoms. The molecule has 4 aromatic carbocycles. The minimum Gasteiger partial charge on any atom is -0.354 e. The first kappa shape index (κ1) is 13.8. The first-order chi connectivity index (χ1) is 11.8. The number of nitrogens with one attached hydrogen (secondary N) is 1. The summed E-state index contributed by atoms with van der Waals surface area (Å²) >= 11 is 3.62. The van der Waals surface area contributed by atoms with Crippen molar-refractivity contribution in [3.8, 4) is 11.3 Å². The molecule has 1 N–H and O–H groups in total. The van der Waals surface area contributed by atoms with Crippen molar-refractivity contribution in [2.45, 2.75) is 0 Å². The Morgan fingerprint density at radius 1 is 0.583 bits per heavy atom. The number of H-pyrrole nitrogens is 1. The van der Waals surface area contributed by atoms with E-state index >= 15 is 0 Å². The van der Waals surface area contributed by atoms with Crippen LogP contribution in [-0.2, 0) is 0 Å². The Morgan fingerprint density at radius 2 is 1.29 bits per heavy atom. The van der Waals surface area contributed by atoms with Crippen molar-refractivity contribution in [1.29, 1.82) is 0 Å². The average Bonchev–Trinajstić information content (AvgIpc) is 3.08. The average molecular weight is 372 g/mol. The smallest absolute Gasteiger partial charge is 0.0544 e. The van der Waals surface area contributed by atoms with Gasteiger partial charge in [0.1, 0.15) is 0 Å². The molecule has 1 heterocycles. The third-order valence-electron chi connectivity index (χ3n) is 4.66. The van der Waals surface area contributed by atoms with Crippen LogP contribution in [-0.4, -0.2) is 4.98 Å². The van der Waals surface area contributed by atoms with Crippen molar-refractivity contribution >= 4 is 48.4 Å². The van der Waals surface area contributed by atoms with Crippen LogP contribution in [0.4, 0.5) is 0 Å². The SMILES string of the molecule is Brc1ccc2c3ccccc3c3[nH]c(-c4ccccc4)cc3c2c1. The van der Waals surface area contributed by atoms with Crippen LogP contribution >= 0.6 is 15.9 Å². The maximum absolute atomic E-state index is 3.65. The lowest BCUT2D eigenvalue weighted by atomic mass is 9.98. The second-order valence-corrected chi connectivity index (χ2v) is 6.99. The Hall–Kier alpha value is -2.58. The van der Waals surface area contributed by atoms with E-state index in [1.165, 1.54) is 38.0 Å². The molecule has 114 valence electrons. The van der Waals surface area contributed by atoms with E-state index in [2.05, 4.69) is 93.7 Å². The van der Waals surface area contributed by atoms with Crippen molar-refractivity contribution in [3.05, 3.63) is 83.3 Å². The number of hydrogen-bond donors (Lipinski definition) is 1. The van der Waals surface area contributed by atoms with Crippen LogP contribution in [0.2, 0.25) is 0 Å². The third-order valence-corrected chi connectivity index (χ3v) is 5.15. The van der Waals surface area contributed by atoms with Gasteiger partial charge in [-0.1, -0.05) is 76.6 Å². The summed E-state index contributed by atoms with van der Waals surface area (Å²) in [5.41, 5.74) is 3.57. The van der Waals surface area contributed by atoms with E-state index in [-0.39, 0.29) is 0 Å². The molecular weight excluding hydrogens is 358 g/mol. The fraction of sp³-hybridized carbons (Fsp3) is 0. The van der Waals surface area contributed by atoms with Crippen molar-refractivity contribution in [2.24, 2.45) is 0 Å². The van der Waals surface area contributed by atoms with Gasteiger partial charge in [-0.05, 0) is 39.9 Å². The maximum Gasteiger partial charge on any atom is 0.0544 e. The Morgan fingerprint density at radius 3 is 2.12 bits per heavy atom. The molecule has 0 atom stereocenters. The van der Waals surface area contributed by atoms with Gasteiger partial charge in [0.15, 0.2) is 0 Å². The van der Waals surface area contributed by atoms with Gasteiger partial charge in [-0.3, -0.25) is 0 Å². The highest BCUT2D eigenvalue weighted by atomic mass is 79.9. The monoisotopic (exact) mass is 371 g/mol. The van der Waals surface area contributed by atoms with Crippen molar-refractivity contribution < 1.29 is 0 Å². The van der Waals surface area contributed by atoms with Gasteiger partial charge in [-0.25, -0.2) is 0 Å². The van der Waals surface area contributed by atoms with Gasteiger partial charge in [0.05, 0.1) is 5.52 Å². The fourth-order valence-corrected chi connectivity index (χ4v) is 3.92. The number of rotatable bonds is 1. The molecule has 0 bridgehead atoms. The van der Waals surface area contributed by atoms with Gasteiger partial charge in [0.2, 0.25) is 0 Å². The number of hydrogen-bond acceptors (Lipinski definition) is 0. The summed E-state index contributed by atoms with van der Waals surface area (Å²) in [6, 6.07) is 27.9. The van der Waals surface area contributed by atoms with Crippen LogP contribution in [0.15, 0.2) is 83.3 Å². The highest BCUT2D eigenvalue weighted by Gasteiger charge is 2.12. The quantitative estimate of drug-likeness (QED) is 0.308. The molecule has 0 fully saturated rings. The predicted molar refractivity (Wildman–Crippen MR) is 106 cm³/mol. The molecule has 5 aromatic rings. The van der Waals surface area contributed by atoms with E-state index in [1.807, 2.05) is 6.07 Å². The van der Waals surface area contributed by atoms with E-state index in [4.69, 9.17) is 0 Å². The summed E-state index contributed by atoms with van der Waals surface area (Å²) in [7, 11) is 0. The molecule has 0 aliphatic carbocycles. The second kappa shape index (κ2) is 5.22. The zero-order valence-corrected chi connectivity index (χ0v) is 14.5. The lowest BCUT2D eigenvalue weighted by Gasteiger charge is -2.07. The largest absolute Gasteiger partial charge is 0.354 e. The summed E-state index contributed by atoms with van der Waals surface area (Å²) in [5.74, 6) is 0. The van der Waals surface area contributed by atoms with Crippen molar-refractivity contribution in [3.63, 3.8) is 0 Å². The van der Waals surface area contributed by atoms with E-state index in [1.54, 1.807) is 0 Å². The molecule has 5 rings (SSSR count). The molecule has 0 aliphatic rings. The molecule has 0 spiro atoms. The van der Waals surface area contributed by atoms with Crippen LogP contribution < -0.4 is 0 Å². The van der Waals surface area contributed by atoms with Crippen LogP contribution in [0.1, 0.15) is 0 Å². The van der Waals surface area contributed by atoms with Crippen molar-refractivity contribution in [1.82, 2.24) is 4.98 Å². The fourth-order valence-electron chi connectivity index (χ4n) is 3.56. The molecule has 0 aliphatic heterocycles. The number of halogens is 1. The predicted octanol–water partition coefficient (Wildman–Crippen LogP) is 6.90. The molecule has 1 nitrogen and oxygen atoms in total. The van der Waals surface area contributed by atoms with Crippen LogP contribution in [0.3, 0.4) is 0 Å². The number of benzene rings is 4. The number of aromatic nitrogens is 1. The lowest BCUT2D eigenvalue weighted by Crippen LogP contribution is -1.81. The first-order valence-electron chi connectivity index (χ1n) is 7.99. The van der Waals surface area contributed by atoms with E-state index in [0.29, 0.717) is 0 Å². The van der Waals surface area contributed by atoms with Crippen LogP contribution in [0, 0.1) is 0 Å². The molecular formula is C22H14BrN. The Balaban J connectivity index is 1.99. The number of aromatic amines is 1. The first-order valence-corrected chi connectivity index (χ1v) is 8.79. The second-order valence-electron chi connectivity index (χ2n) is 6.07. The van der Waals surface area contributed by atoms with Gasteiger partial charge < -0.3 is 4.98 Å². The Kier molecular flexibility index (Phi) is 3.00. The molecule has 24 heavy (non-hydrogen) atoms. The molecule has 0 saturated heterocycles. The van der Waals surface area contributed by atoms with Crippen LogP contribution in [0.25, 0.3) is 43.7 Å². The minimum absolute atomic E-state index is 1.11. The topological polar surface area (TPSA) is 15.8 Å². The van der Waals surface area contributed by atoms with Gasteiger partial charge >= 0.3 is 0 Å². The van der Waals surface area contributed by atoms with Crippen LogP contribution in [0.5, 0.6) is 0 Å². The Bertz CT molecular complexity index is 1200. The molecule has 0 amide bonds. The third kappa shape index (κ3) is 2.00. The summed E-state index contributed by atoms with van der Waals surface area (Å²) < 4.78 is 1.11. The van der Waals surface area contributed by atoms with E-state index in [0.717, 1.165) is 10.2 Å². The Labute approximate surface area is 148 Å². The summed E-state index contributed by atoms with van der Waals surface area (Å²) in [6.45, 7) is 0. The summed E-state index contributed by atoms with van der Waals surface area (Å²) in [4.78, 5) is 3.65. The molecule has 0 unspecified atom stereocenters. The van der Waals surface area contributed by atoms with E-state index < -0.39 is 0 Å². The zero-order chi connectivity index (χ0) is 16.1. The highest BCUT2D eigenvalue weighted by Crippen LogP contribution is 2.38. The van der Waals surface area contributed by atoms with Crippen molar-refractivity contribution in [2.75, 3.05) is 0 Å². The van der Waals surface area contributed by atoms with Gasteiger partial charge in [-0.15, -0.1) is 0 Å². The lowest BCUT2D eigenvalue weighted by molar-refractivity contribution is 1.46. The standard InChI is InChI=1S/C22H14BrN/c23-15-10-11-17-16-8-4-5-9-18(16)22-20(19(17)12-15)13-21(24-22)14-6-2-1-3-7-14/h1-13,24H. The molecule has 0 saturated carbocycles. The maximum atomic E-state index is 3.65. The zero-order valence-electron chi connectivity index (χ0n) is 12.9. The summed E-state index contributed by atoms with van der Waals surface area (Å²) in [6.07, 6.45) is 0. The van der Waals surface area contributed by atoms with Gasteiger partial charge in [-0.2, -0.15) is 0 Å². The number of fused-ring (bicyclic) bond motifs is 6. The van der Waals surface area contributed by atoms with Gasteiger partial charge in [0, 0.05) is 20.9 Å². The van der Waals surface area contributed by atoms with E-state index in [9.17, 15) is 0 Å². The minimum atomic E-state index is 1.11. The molecule has 0 radical (unpaired) electrons. The normalized spacial score (nSPS) is 11.5. The molecule has 1 aromatic heterocycles. The highest BCUT2D eigenvalue weighted by molar-refractivity contribution is 9.10.